The van der Waals surface area contributed by atoms with Crippen molar-refractivity contribution in [2.45, 2.75) is 13.5 Å². The first-order chi connectivity index (χ1) is 12.2. The molecule has 0 amide bonds. The summed E-state index contributed by atoms with van der Waals surface area (Å²) in [4.78, 5) is 3.89. The highest BCUT2D eigenvalue weighted by molar-refractivity contribution is 7.80. The second-order valence-electron chi connectivity index (χ2n) is 6.50. The van der Waals surface area contributed by atoms with Crippen LogP contribution in [-0.4, -0.2) is 43.3 Å². The van der Waals surface area contributed by atoms with Gasteiger partial charge < -0.3 is 19.9 Å². The Morgan fingerprint density at radius 1 is 1.12 bits per heavy atom. The van der Waals surface area contributed by atoms with E-state index in [9.17, 15) is 0 Å². The van der Waals surface area contributed by atoms with Gasteiger partial charge in [-0.2, -0.15) is 0 Å². The SMILES string of the molecule is COc1ccc(NC(=S)N2CC[NH+](Cc3ccccc3C)CC2)cc1. The first-order valence-electron chi connectivity index (χ1n) is 8.74. The van der Waals surface area contributed by atoms with E-state index in [-0.39, 0.29) is 0 Å². The van der Waals surface area contributed by atoms with Crippen LogP contribution in [-0.2, 0) is 6.54 Å². The van der Waals surface area contributed by atoms with Gasteiger partial charge in [-0.1, -0.05) is 24.3 Å². The Labute approximate surface area is 155 Å². The van der Waals surface area contributed by atoms with Crippen LogP contribution in [0, 0.1) is 6.92 Å². The molecular weight excluding hydrogens is 330 g/mol. The number of hydrogen-bond donors (Lipinski definition) is 2. The van der Waals surface area contributed by atoms with Crippen molar-refractivity contribution >= 4 is 23.0 Å². The molecule has 0 aliphatic carbocycles. The molecule has 4 nitrogen and oxygen atoms in total. The molecule has 2 N–H and O–H groups in total. The maximum atomic E-state index is 5.58. The lowest BCUT2D eigenvalue weighted by molar-refractivity contribution is -0.917. The summed E-state index contributed by atoms with van der Waals surface area (Å²) in [6, 6.07) is 16.5. The van der Waals surface area contributed by atoms with E-state index < -0.39 is 0 Å². The smallest absolute Gasteiger partial charge is 0.173 e. The van der Waals surface area contributed by atoms with Crippen molar-refractivity contribution in [3.8, 4) is 5.75 Å². The number of aryl methyl sites for hydroxylation is 1. The average Bonchev–Trinajstić information content (AvgIpc) is 2.65. The van der Waals surface area contributed by atoms with E-state index in [1.54, 1.807) is 12.0 Å². The Morgan fingerprint density at radius 3 is 2.44 bits per heavy atom. The van der Waals surface area contributed by atoms with Gasteiger partial charge in [0, 0.05) is 11.3 Å². The normalized spacial score (nSPS) is 15.0. The van der Waals surface area contributed by atoms with E-state index in [1.165, 1.54) is 11.1 Å². The Morgan fingerprint density at radius 2 is 1.80 bits per heavy atom. The highest BCUT2D eigenvalue weighted by Crippen LogP contribution is 2.15. The first kappa shape index (κ1) is 17.7. The number of hydrogen-bond acceptors (Lipinski definition) is 2. The molecular formula is C20H26N3OS+. The molecule has 0 bridgehead atoms. The zero-order chi connectivity index (χ0) is 17.6. The molecule has 1 saturated heterocycles. The molecule has 132 valence electrons. The van der Waals surface area contributed by atoms with Crippen LogP contribution in [0.25, 0.3) is 0 Å². The van der Waals surface area contributed by atoms with Gasteiger partial charge in [-0.15, -0.1) is 0 Å². The van der Waals surface area contributed by atoms with Crippen LogP contribution in [0.3, 0.4) is 0 Å². The second kappa shape index (κ2) is 8.32. The summed E-state index contributed by atoms with van der Waals surface area (Å²) in [5, 5.41) is 4.13. The number of piperazine rings is 1. The minimum absolute atomic E-state index is 0.806. The van der Waals surface area contributed by atoms with Crippen molar-refractivity contribution in [1.29, 1.82) is 0 Å². The van der Waals surface area contributed by atoms with Crippen LogP contribution >= 0.6 is 12.2 Å². The molecule has 1 aliphatic heterocycles. The molecule has 0 saturated carbocycles. The molecule has 0 radical (unpaired) electrons. The first-order valence-corrected chi connectivity index (χ1v) is 9.14. The summed E-state index contributed by atoms with van der Waals surface area (Å²) in [6.07, 6.45) is 0. The van der Waals surface area contributed by atoms with Gasteiger partial charge in [-0.3, -0.25) is 0 Å². The van der Waals surface area contributed by atoms with Gasteiger partial charge in [0.15, 0.2) is 5.11 Å². The van der Waals surface area contributed by atoms with Crippen molar-refractivity contribution in [3.05, 3.63) is 59.7 Å². The van der Waals surface area contributed by atoms with Crippen molar-refractivity contribution in [1.82, 2.24) is 4.90 Å². The van der Waals surface area contributed by atoms with Crippen molar-refractivity contribution in [2.24, 2.45) is 0 Å². The fourth-order valence-corrected chi connectivity index (χ4v) is 3.46. The fourth-order valence-electron chi connectivity index (χ4n) is 3.16. The average molecular weight is 357 g/mol. The van der Waals surface area contributed by atoms with Crippen LogP contribution in [0.4, 0.5) is 5.69 Å². The molecule has 1 aliphatic rings. The van der Waals surface area contributed by atoms with Crippen LogP contribution in [0.2, 0.25) is 0 Å². The van der Waals surface area contributed by atoms with Gasteiger partial charge in [-0.25, -0.2) is 0 Å². The molecule has 25 heavy (non-hydrogen) atoms. The predicted molar refractivity (Wildman–Crippen MR) is 106 cm³/mol. The third-order valence-electron chi connectivity index (χ3n) is 4.80. The lowest BCUT2D eigenvalue weighted by atomic mass is 10.1. The van der Waals surface area contributed by atoms with Crippen LogP contribution in [0.5, 0.6) is 5.75 Å². The predicted octanol–water partition coefficient (Wildman–Crippen LogP) is 2.10. The summed E-state index contributed by atoms with van der Waals surface area (Å²) in [6.45, 7) is 7.49. The molecule has 0 atom stereocenters. The number of nitrogens with zero attached hydrogens (tertiary/aromatic N) is 1. The molecule has 1 fully saturated rings. The van der Waals surface area contributed by atoms with Crippen molar-refractivity contribution in [2.75, 3.05) is 38.6 Å². The lowest BCUT2D eigenvalue weighted by Gasteiger charge is -2.34. The van der Waals surface area contributed by atoms with Gasteiger partial charge in [0.1, 0.15) is 12.3 Å². The van der Waals surface area contributed by atoms with E-state index >= 15 is 0 Å². The third-order valence-corrected chi connectivity index (χ3v) is 5.16. The van der Waals surface area contributed by atoms with Gasteiger partial charge in [-0.05, 0) is 49.0 Å². The zero-order valence-corrected chi connectivity index (χ0v) is 15.7. The number of ether oxygens (including phenoxy) is 1. The van der Waals surface area contributed by atoms with E-state index in [4.69, 9.17) is 17.0 Å². The topological polar surface area (TPSA) is 28.9 Å². The van der Waals surface area contributed by atoms with E-state index in [0.717, 1.165) is 49.3 Å². The van der Waals surface area contributed by atoms with Gasteiger partial charge in [0.05, 0.1) is 33.3 Å². The lowest BCUT2D eigenvalue weighted by Crippen LogP contribution is -3.13. The maximum Gasteiger partial charge on any atom is 0.173 e. The standard InChI is InChI=1S/C20H25N3OS/c1-16-5-3-4-6-17(16)15-22-11-13-23(14-12-22)20(25)21-18-7-9-19(24-2)10-8-18/h3-10H,11-15H2,1-2H3,(H,21,25)/p+1. The molecule has 0 aromatic heterocycles. The largest absolute Gasteiger partial charge is 0.497 e. The molecule has 2 aromatic carbocycles. The number of methoxy groups -OCH3 is 1. The van der Waals surface area contributed by atoms with Crippen molar-refractivity contribution < 1.29 is 9.64 Å². The summed E-state index contributed by atoms with van der Waals surface area (Å²) < 4.78 is 5.19. The monoisotopic (exact) mass is 356 g/mol. The molecule has 0 spiro atoms. The minimum atomic E-state index is 0.806. The highest BCUT2D eigenvalue weighted by atomic mass is 32.1. The van der Waals surface area contributed by atoms with Crippen LogP contribution in [0.1, 0.15) is 11.1 Å². The highest BCUT2D eigenvalue weighted by Gasteiger charge is 2.22. The van der Waals surface area contributed by atoms with Crippen LogP contribution < -0.4 is 15.0 Å². The quantitative estimate of drug-likeness (QED) is 0.821. The summed E-state index contributed by atoms with van der Waals surface area (Å²) in [5.74, 6) is 0.852. The van der Waals surface area contributed by atoms with Gasteiger partial charge in [0.2, 0.25) is 0 Å². The zero-order valence-electron chi connectivity index (χ0n) is 14.9. The van der Waals surface area contributed by atoms with E-state index in [2.05, 4.69) is 41.4 Å². The number of nitrogens with one attached hydrogen (secondary N) is 2. The molecule has 1 heterocycles. The third kappa shape index (κ3) is 4.71. The maximum absolute atomic E-state index is 5.58. The molecule has 3 rings (SSSR count). The van der Waals surface area contributed by atoms with Crippen LogP contribution in [0.15, 0.2) is 48.5 Å². The summed E-state index contributed by atoms with van der Waals surface area (Å²) >= 11 is 5.58. The fraction of sp³-hybridized carbons (Fsp3) is 0.350. The van der Waals surface area contributed by atoms with E-state index in [0.29, 0.717) is 0 Å². The second-order valence-corrected chi connectivity index (χ2v) is 6.89. The Balaban J connectivity index is 1.49. The van der Waals surface area contributed by atoms with Crippen molar-refractivity contribution in [3.63, 3.8) is 0 Å². The Bertz CT molecular complexity index is 709. The van der Waals surface area contributed by atoms with Gasteiger partial charge >= 0.3 is 0 Å². The number of thiocarbonyl (C=S) groups is 1. The van der Waals surface area contributed by atoms with Gasteiger partial charge in [0.25, 0.3) is 0 Å². The Kier molecular flexibility index (Phi) is 5.89. The molecule has 2 aromatic rings. The molecule has 0 unspecified atom stereocenters. The number of quaternary nitrogens is 1. The minimum Gasteiger partial charge on any atom is -0.497 e. The summed E-state index contributed by atoms with van der Waals surface area (Å²) in [7, 11) is 1.67. The number of benzene rings is 2. The molecule has 5 heteroatoms. The number of anilines is 1. The Hall–Kier alpha value is -2.11. The summed E-state index contributed by atoms with van der Waals surface area (Å²) in [5.41, 5.74) is 3.83. The number of rotatable bonds is 4. The van der Waals surface area contributed by atoms with E-state index in [1.807, 2.05) is 24.3 Å².